The number of rotatable bonds is 7. The molecule has 0 saturated heterocycles. The zero-order chi connectivity index (χ0) is 23.3. The Morgan fingerprint density at radius 2 is 1.87 bits per heavy atom. The number of alkyl halides is 3. The van der Waals surface area contributed by atoms with Gasteiger partial charge < -0.3 is 14.2 Å². The number of halogens is 4. The molecule has 0 N–H and O–H groups in total. The van der Waals surface area contributed by atoms with Gasteiger partial charge in [-0.1, -0.05) is 11.6 Å². The highest BCUT2D eigenvalue weighted by atomic mass is 35.5. The van der Waals surface area contributed by atoms with Crippen molar-refractivity contribution >= 4 is 29.2 Å². The summed E-state index contributed by atoms with van der Waals surface area (Å²) >= 11 is 5.83. The molecule has 0 aromatic heterocycles. The zero-order valence-corrected chi connectivity index (χ0v) is 16.8. The van der Waals surface area contributed by atoms with Crippen molar-refractivity contribution in [2.75, 3.05) is 6.61 Å². The monoisotopic (exact) mass is 461 g/mol. The molecule has 0 aliphatic heterocycles. The Hall–Kier alpha value is -3.34. The summed E-state index contributed by atoms with van der Waals surface area (Å²) in [6.07, 6.45) is -5.94. The first kappa shape index (κ1) is 23.9. The number of nitrogens with zero attached hydrogens (tertiary/aromatic N) is 1. The van der Waals surface area contributed by atoms with Crippen molar-refractivity contribution < 1.29 is 41.9 Å². The van der Waals surface area contributed by atoms with Gasteiger partial charge in [-0.3, -0.25) is 10.1 Å². The molecular formula is C19H15ClF3NO7. The van der Waals surface area contributed by atoms with E-state index >= 15 is 0 Å². The van der Waals surface area contributed by atoms with Crippen LogP contribution >= 0.6 is 11.6 Å². The summed E-state index contributed by atoms with van der Waals surface area (Å²) in [6, 6.07) is 5.37. The number of benzene rings is 2. The Morgan fingerprint density at radius 1 is 1.19 bits per heavy atom. The molecule has 2 aromatic rings. The van der Waals surface area contributed by atoms with Crippen LogP contribution in [0.5, 0.6) is 11.5 Å². The van der Waals surface area contributed by atoms with Crippen molar-refractivity contribution in [2.24, 2.45) is 0 Å². The summed E-state index contributed by atoms with van der Waals surface area (Å²) in [6.45, 7) is 2.81. The number of carbonyl (C=O) groups is 2. The van der Waals surface area contributed by atoms with Gasteiger partial charge in [-0.15, -0.1) is 0 Å². The predicted molar refractivity (Wildman–Crippen MR) is 101 cm³/mol. The van der Waals surface area contributed by atoms with Gasteiger partial charge >= 0.3 is 18.1 Å². The third-order valence-electron chi connectivity index (χ3n) is 3.77. The maximum atomic E-state index is 12.8. The topological polar surface area (TPSA) is 105 Å². The van der Waals surface area contributed by atoms with Gasteiger partial charge in [0.05, 0.1) is 22.1 Å². The minimum Gasteiger partial charge on any atom is -0.463 e. The average Bonchev–Trinajstić information content (AvgIpc) is 2.68. The third-order valence-corrected chi connectivity index (χ3v) is 4.07. The first-order valence-corrected chi connectivity index (χ1v) is 9.02. The van der Waals surface area contributed by atoms with E-state index in [-0.39, 0.29) is 23.1 Å². The van der Waals surface area contributed by atoms with Gasteiger partial charge in [0.2, 0.25) is 0 Å². The summed E-state index contributed by atoms with van der Waals surface area (Å²) in [7, 11) is 0. The fourth-order valence-corrected chi connectivity index (χ4v) is 2.54. The Morgan fingerprint density at radius 3 is 2.42 bits per heavy atom. The normalized spacial score (nSPS) is 12.1. The molecule has 8 nitrogen and oxygen atoms in total. The molecule has 12 heteroatoms. The van der Waals surface area contributed by atoms with Crippen LogP contribution in [-0.4, -0.2) is 29.6 Å². The maximum Gasteiger partial charge on any atom is 0.416 e. The Balaban J connectivity index is 2.32. The molecule has 0 spiro atoms. The van der Waals surface area contributed by atoms with Gasteiger partial charge in [-0.25, -0.2) is 9.59 Å². The van der Waals surface area contributed by atoms with E-state index in [1.807, 2.05) is 0 Å². The van der Waals surface area contributed by atoms with E-state index in [2.05, 4.69) is 0 Å². The largest absolute Gasteiger partial charge is 0.463 e. The molecule has 1 atom stereocenters. The van der Waals surface area contributed by atoms with Crippen LogP contribution in [-0.2, 0) is 20.4 Å². The van der Waals surface area contributed by atoms with Crippen molar-refractivity contribution in [3.05, 3.63) is 62.7 Å². The summed E-state index contributed by atoms with van der Waals surface area (Å²) < 4.78 is 53.2. The number of ether oxygens (including phenoxy) is 3. The van der Waals surface area contributed by atoms with E-state index in [0.29, 0.717) is 6.07 Å². The van der Waals surface area contributed by atoms with Crippen molar-refractivity contribution in [1.29, 1.82) is 0 Å². The first-order valence-electron chi connectivity index (χ1n) is 8.64. The zero-order valence-electron chi connectivity index (χ0n) is 16.1. The van der Waals surface area contributed by atoms with E-state index in [0.717, 1.165) is 30.3 Å². The summed E-state index contributed by atoms with van der Waals surface area (Å²) in [5, 5.41) is 10.9. The number of hydrogen-bond acceptors (Lipinski definition) is 7. The number of hydrogen-bond donors (Lipinski definition) is 0. The molecular weight excluding hydrogens is 447 g/mol. The van der Waals surface area contributed by atoms with Crippen LogP contribution in [0.15, 0.2) is 36.4 Å². The van der Waals surface area contributed by atoms with Crippen molar-refractivity contribution in [2.45, 2.75) is 26.1 Å². The molecule has 0 aliphatic rings. The quantitative estimate of drug-likeness (QED) is 0.318. The Bertz CT molecular complexity index is 1010. The van der Waals surface area contributed by atoms with Crippen LogP contribution in [0.2, 0.25) is 5.02 Å². The molecule has 2 aromatic carbocycles. The van der Waals surface area contributed by atoms with E-state index in [9.17, 15) is 32.9 Å². The highest BCUT2D eigenvalue weighted by Gasteiger charge is 2.31. The van der Waals surface area contributed by atoms with Crippen LogP contribution in [0.4, 0.5) is 18.9 Å². The molecule has 0 radical (unpaired) electrons. The molecule has 2 rings (SSSR count). The van der Waals surface area contributed by atoms with Crippen molar-refractivity contribution in [3.8, 4) is 11.5 Å². The van der Waals surface area contributed by atoms with E-state index in [1.54, 1.807) is 6.92 Å². The lowest BCUT2D eigenvalue weighted by atomic mass is 10.1. The van der Waals surface area contributed by atoms with Crippen LogP contribution in [0, 0.1) is 10.1 Å². The number of carbonyl (C=O) groups excluding carboxylic acids is 2. The number of nitro groups is 1. The molecule has 0 saturated carbocycles. The molecule has 1 unspecified atom stereocenters. The summed E-state index contributed by atoms with van der Waals surface area (Å²) in [4.78, 5) is 34.4. The molecule has 31 heavy (non-hydrogen) atoms. The average molecular weight is 462 g/mol. The second kappa shape index (κ2) is 9.65. The third kappa shape index (κ3) is 6.07. The van der Waals surface area contributed by atoms with Crippen LogP contribution in [0.1, 0.15) is 29.8 Å². The van der Waals surface area contributed by atoms with Crippen LogP contribution in [0.3, 0.4) is 0 Å². The molecule has 0 heterocycles. The minimum absolute atomic E-state index is 0.0398. The van der Waals surface area contributed by atoms with Crippen LogP contribution < -0.4 is 4.74 Å². The predicted octanol–water partition coefficient (Wildman–Crippen LogP) is 5.17. The van der Waals surface area contributed by atoms with E-state index in [4.69, 9.17) is 25.8 Å². The molecule has 166 valence electrons. The fourth-order valence-electron chi connectivity index (χ4n) is 2.32. The fraction of sp³-hybridized carbons (Fsp3) is 0.263. The lowest BCUT2D eigenvalue weighted by Gasteiger charge is -2.13. The second-order valence-corrected chi connectivity index (χ2v) is 6.39. The second-order valence-electron chi connectivity index (χ2n) is 5.98. The van der Waals surface area contributed by atoms with Gasteiger partial charge in [0.15, 0.2) is 6.10 Å². The number of esters is 2. The maximum absolute atomic E-state index is 12.8. The Labute approximate surface area is 178 Å². The molecule has 0 aliphatic carbocycles. The number of nitro benzene ring substituents is 1. The highest BCUT2D eigenvalue weighted by Crippen LogP contribution is 2.37. The van der Waals surface area contributed by atoms with Crippen molar-refractivity contribution in [3.63, 3.8) is 0 Å². The van der Waals surface area contributed by atoms with Gasteiger partial charge in [0.1, 0.15) is 17.1 Å². The van der Waals surface area contributed by atoms with Crippen molar-refractivity contribution in [1.82, 2.24) is 0 Å². The lowest BCUT2D eigenvalue weighted by Crippen LogP contribution is -2.26. The first-order chi connectivity index (χ1) is 14.4. The van der Waals surface area contributed by atoms with E-state index in [1.165, 1.54) is 6.92 Å². The summed E-state index contributed by atoms with van der Waals surface area (Å²) in [5.74, 6) is -2.36. The summed E-state index contributed by atoms with van der Waals surface area (Å²) in [5.41, 5.74) is -2.17. The lowest BCUT2D eigenvalue weighted by molar-refractivity contribution is -0.385. The van der Waals surface area contributed by atoms with Gasteiger partial charge in [-0.2, -0.15) is 13.2 Å². The SMILES string of the molecule is CCOC(=O)C(C)OC(=O)c1cc(Oc2ccc(C(F)(F)F)cc2Cl)ccc1[N+](=O)[O-]. The van der Waals surface area contributed by atoms with Gasteiger partial charge in [0.25, 0.3) is 5.69 Å². The minimum atomic E-state index is -4.61. The van der Waals surface area contributed by atoms with E-state index < -0.39 is 46.0 Å². The smallest absolute Gasteiger partial charge is 0.416 e. The molecule has 0 fully saturated rings. The standard InChI is InChI=1S/C19H15ClF3NO7/c1-3-29-17(25)10(2)30-18(26)13-9-12(5-6-15(13)24(27)28)31-16-7-4-11(8-14(16)20)19(21,22)23/h4-10H,3H2,1-2H3. The highest BCUT2D eigenvalue weighted by molar-refractivity contribution is 6.32. The molecule has 0 amide bonds. The molecule has 0 bridgehead atoms. The van der Waals surface area contributed by atoms with Gasteiger partial charge in [0, 0.05) is 12.1 Å². The van der Waals surface area contributed by atoms with Crippen LogP contribution in [0.25, 0.3) is 0 Å². The Kier molecular flexibility index (Phi) is 7.45. The van der Waals surface area contributed by atoms with Gasteiger partial charge in [-0.05, 0) is 38.1 Å².